The minimum absolute atomic E-state index is 0.148. The van der Waals surface area contributed by atoms with Crippen LogP contribution in [0.1, 0.15) is 5.56 Å². The molecule has 0 atom stereocenters. The molecule has 0 fully saturated rings. The predicted molar refractivity (Wildman–Crippen MR) is 85.6 cm³/mol. The average molecular weight is 331 g/mol. The molecule has 7 heteroatoms. The van der Waals surface area contributed by atoms with Crippen molar-refractivity contribution in [2.45, 2.75) is 13.0 Å². The number of aromatic nitrogens is 2. The molecule has 1 heterocycles. The Morgan fingerprint density at radius 2 is 1.83 bits per heavy atom. The predicted octanol–water partition coefficient (Wildman–Crippen LogP) is 1.97. The molecule has 124 valence electrons. The Kier molecular flexibility index (Phi) is 4.41. The van der Waals surface area contributed by atoms with Crippen LogP contribution in [-0.4, -0.2) is 22.2 Å². The third-order valence-corrected chi connectivity index (χ3v) is 3.62. The van der Waals surface area contributed by atoms with Gasteiger partial charge in [-0.3, -0.25) is 14.7 Å². The molecule has 1 aromatic heterocycles. The second kappa shape index (κ2) is 6.66. The van der Waals surface area contributed by atoms with E-state index < -0.39 is 11.6 Å². The number of H-pyrrole nitrogens is 1. The van der Waals surface area contributed by atoms with E-state index in [1.165, 1.54) is 16.8 Å². The summed E-state index contributed by atoms with van der Waals surface area (Å²) in [7, 11) is 0. The summed E-state index contributed by atoms with van der Waals surface area (Å²) in [5.74, 6) is -1.66. The van der Waals surface area contributed by atoms with Crippen LogP contribution in [0.3, 0.4) is 0 Å². The van der Waals surface area contributed by atoms with Crippen LogP contribution in [0.2, 0.25) is 0 Å². The third kappa shape index (κ3) is 3.51. The molecule has 0 bridgehead atoms. The molecule has 3 rings (SSSR count). The molecule has 0 aliphatic carbocycles. The molecule has 24 heavy (non-hydrogen) atoms. The van der Waals surface area contributed by atoms with E-state index in [1.807, 2.05) is 0 Å². The highest BCUT2D eigenvalue weighted by Gasteiger charge is 2.09. The maximum atomic E-state index is 13.1. The number of rotatable bonds is 5. The van der Waals surface area contributed by atoms with Gasteiger partial charge >= 0.3 is 0 Å². The summed E-state index contributed by atoms with van der Waals surface area (Å²) in [6, 6.07) is 10.2. The average Bonchev–Trinajstić information content (AvgIpc) is 2.83. The van der Waals surface area contributed by atoms with E-state index in [1.54, 1.807) is 24.3 Å². The van der Waals surface area contributed by atoms with Crippen molar-refractivity contribution in [1.29, 1.82) is 0 Å². The Labute approximate surface area is 135 Å². The first-order valence-electron chi connectivity index (χ1n) is 7.42. The second-order valence-electron chi connectivity index (χ2n) is 5.43. The molecule has 0 saturated carbocycles. The Morgan fingerprint density at radius 3 is 2.54 bits per heavy atom. The molecule has 2 N–H and O–H groups in total. The van der Waals surface area contributed by atoms with Gasteiger partial charge in [0.2, 0.25) is 5.91 Å². The highest BCUT2D eigenvalue weighted by atomic mass is 19.1. The normalized spacial score (nSPS) is 10.9. The van der Waals surface area contributed by atoms with Crippen molar-refractivity contribution < 1.29 is 13.6 Å². The van der Waals surface area contributed by atoms with Gasteiger partial charge in [-0.05, 0) is 36.2 Å². The van der Waals surface area contributed by atoms with E-state index in [4.69, 9.17) is 0 Å². The van der Waals surface area contributed by atoms with Crippen LogP contribution in [0.25, 0.3) is 10.9 Å². The summed E-state index contributed by atoms with van der Waals surface area (Å²) in [5.41, 5.74) is 0.842. The number of amides is 1. The number of nitrogens with zero attached hydrogens (tertiary/aromatic N) is 1. The first kappa shape index (κ1) is 15.9. The Balaban J connectivity index is 1.59. The summed E-state index contributed by atoms with van der Waals surface area (Å²) in [6.07, 6.45) is 0.294. The summed E-state index contributed by atoms with van der Waals surface area (Å²) < 4.78 is 27.4. The largest absolute Gasteiger partial charge is 0.354 e. The highest BCUT2D eigenvalue weighted by Crippen LogP contribution is 2.08. The van der Waals surface area contributed by atoms with Gasteiger partial charge in [0.15, 0.2) is 0 Å². The van der Waals surface area contributed by atoms with Crippen LogP contribution in [0.4, 0.5) is 8.78 Å². The number of aromatic amines is 1. The topological polar surface area (TPSA) is 66.9 Å². The number of benzene rings is 2. The van der Waals surface area contributed by atoms with Crippen LogP contribution in [-0.2, 0) is 17.8 Å². The van der Waals surface area contributed by atoms with E-state index in [2.05, 4.69) is 10.4 Å². The van der Waals surface area contributed by atoms with E-state index in [-0.39, 0.29) is 24.6 Å². The Hall–Kier alpha value is -2.96. The van der Waals surface area contributed by atoms with E-state index in [0.29, 0.717) is 22.9 Å². The fourth-order valence-corrected chi connectivity index (χ4v) is 2.52. The van der Waals surface area contributed by atoms with Gasteiger partial charge < -0.3 is 5.32 Å². The lowest BCUT2D eigenvalue weighted by Gasteiger charge is -2.06. The van der Waals surface area contributed by atoms with Crippen molar-refractivity contribution in [1.82, 2.24) is 15.1 Å². The van der Waals surface area contributed by atoms with Crippen molar-refractivity contribution >= 4 is 16.8 Å². The second-order valence-corrected chi connectivity index (χ2v) is 5.43. The number of carbonyl (C=O) groups excluding carboxylic acids is 1. The minimum Gasteiger partial charge on any atom is -0.354 e. The summed E-state index contributed by atoms with van der Waals surface area (Å²) >= 11 is 0. The summed E-state index contributed by atoms with van der Waals surface area (Å²) in [6.45, 7) is 0.0712. The summed E-state index contributed by atoms with van der Waals surface area (Å²) in [4.78, 5) is 24.0. The van der Waals surface area contributed by atoms with Gasteiger partial charge in [0, 0.05) is 12.6 Å². The lowest BCUT2D eigenvalue weighted by molar-refractivity contribution is -0.121. The third-order valence-electron chi connectivity index (χ3n) is 3.62. The van der Waals surface area contributed by atoms with Crippen molar-refractivity contribution in [2.75, 3.05) is 6.54 Å². The molecule has 0 aliphatic rings. The zero-order chi connectivity index (χ0) is 17.1. The van der Waals surface area contributed by atoms with Crippen LogP contribution in [0.5, 0.6) is 0 Å². The Morgan fingerprint density at radius 1 is 1.12 bits per heavy atom. The number of para-hydroxylation sites is 1. The molecule has 3 aromatic rings. The van der Waals surface area contributed by atoms with Gasteiger partial charge in [0.05, 0.1) is 10.9 Å². The van der Waals surface area contributed by atoms with Gasteiger partial charge in [-0.2, -0.15) is 0 Å². The van der Waals surface area contributed by atoms with E-state index in [9.17, 15) is 18.4 Å². The smallest absolute Gasteiger partial charge is 0.274 e. The van der Waals surface area contributed by atoms with Crippen molar-refractivity contribution in [2.24, 2.45) is 0 Å². The minimum atomic E-state index is -0.652. The molecular weight excluding hydrogens is 316 g/mol. The molecule has 2 aromatic carbocycles. The van der Waals surface area contributed by atoms with Crippen LogP contribution < -0.4 is 10.9 Å². The fourth-order valence-electron chi connectivity index (χ4n) is 2.52. The van der Waals surface area contributed by atoms with Crippen molar-refractivity contribution in [3.05, 3.63) is 70.0 Å². The molecule has 1 amide bonds. The van der Waals surface area contributed by atoms with E-state index in [0.717, 1.165) is 6.07 Å². The van der Waals surface area contributed by atoms with Crippen LogP contribution in [0.15, 0.2) is 47.3 Å². The van der Waals surface area contributed by atoms with Gasteiger partial charge in [-0.1, -0.05) is 12.1 Å². The quantitative estimate of drug-likeness (QED) is 0.751. The van der Waals surface area contributed by atoms with Crippen LogP contribution >= 0.6 is 0 Å². The van der Waals surface area contributed by atoms with Gasteiger partial charge in [0.25, 0.3) is 5.56 Å². The maximum absolute atomic E-state index is 13.1. The number of fused-ring (bicyclic) bond motifs is 1. The molecule has 5 nitrogen and oxygen atoms in total. The first-order chi connectivity index (χ1) is 11.5. The molecule has 0 unspecified atom stereocenters. The zero-order valence-corrected chi connectivity index (χ0v) is 12.7. The number of halogens is 2. The highest BCUT2D eigenvalue weighted by molar-refractivity contribution is 5.79. The van der Waals surface area contributed by atoms with Crippen molar-refractivity contribution in [3.63, 3.8) is 0 Å². The van der Waals surface area contributed by atoms with Gasteiger partial charge in [-0.15, -0.1) is 0 Å². The molecular formula is C17H15F2N3O2. The lowest BCUT2D eigenvalue weighted by atomic mass is 10.1. The molecule has 0 aliphatic heterocycles. The summed E-state index contributed by atoms with van der Waals surface area (Å²) in [5, 5.41) is 6.00. The molecule has 0 spiro atoms. The number of hydrogen-bond acceptors (Lipinski definition) is 2. The number of carbonyl (C=O) groups is 1. The van der Waals surface area contributed by atoms with Gasteiger partial charge in [0.1, 0.15) is 18.2 Å². The Bertz CT molecular complexity index is 926. The number of nitrogens with one attached hydrogen (secondary N) is 2. The molecule has 0 saturated heterocycles. The fraction of sp³-hybridized carbons (Fsp3) is 0.176. The standard InChI is InChI=1S/C17H15F2N3O2/c18-12-7-11(8-13(19)9-12)5-6-20-16(23)10-22-17(24)14-3-1-2-4-15(14)21-22/h1-4,7-9,21H,5-6,10H2,(H,20,23). The molecule has 0 radical (unpaired) electrons. The SMILES string of the molecule is O=C(Cn1[nH]c2ccccc2c1=O)NCCc1cc(F)cc(F)c1. The zero-order valence-electron chi connectivity index (χ0n) is 12.7. The number of hydrogen-bond donors (Lipinski definition) is 2. The van der Waals surface area contributed by atoms with Crippen molar-refractivity contribution in [3.8, 4) is 0 Å². The van der Waals surface area contributed by atoms with Gasteiger partial charge in [-0.25, -0.2) is 13.5 Å². The van der Waals surface area contributed by atoms with E-state index >= 15 is 0 Å². The first-order valence-corrected chi connectivity index (χ1v) is 7.42. The monoisotopic (exact) mass is 331 g/mol. The maximum Gasteiger partial charge on any atom is 0.274 e. The lowest BCUT2D eigenvalue weighted by Crippen LogP contribution is -2.32. The van der Waals surface area contributed by atoms with Crippen LogP contribution in [0, 0.1) is 11.6 Å².